The molecule has 0 saturated heterocycles. The highest BCUT2D eigenvalue weighted by molar-refractivity contribution is 6.08. The van der Waals surface area contributed by atoms with Gasteiger partial charge in [-0.25, -0.2) is 4.98 Å². The molecular formula is C21H20N4O2. The molecule has 1 aromatic carbocycles. The molecule has 2 aromatic heterocycles. The third kappa shape index (κ3) is 2.60. The Morgan fingerprint density at radius 2 is 1.89 bits per heavy atom. The highest BCUT2D eigenvalue weighted by Crippen LogP contribution is 2.33. The number of nitrogens with one attached hydrogen (secondary N) is 1. The van der Waals surface area contributed by atoms with Gasteiger partial charge in [-0.15, -0.1) is 0 Å². The van der Waals surface area contributed by atoms with Crippen LogP contribution in [0.4, 0.5) is 5.69 Å². The molecule has 1 aliphatic carbocycles. The third-order valence-electron chi connectivity index (χ3n) is 5.29. The predicted octanol–water partition coefficient (Wildman–Crippen LogP) is 2.82. The molecule has 1 aliphatic heterocycles. The molecule has 6 nitrogen and oxygen atoms in total. The van der Waals surface area contributed by atoms with Crippen molar-refractivity contribution in [1.82, 2.24) is 14.7 Å². The number of rotatable bonds is 3. The molecule has 5 rings (SSSR count). The van der Waals surface area contributed by atoms with E-state index >= 15 is 0 Å². The summed E-state index contributed by atoms with van der Waals surface area (Å²) in [6.45, 7) is 2.04. The van der Waals surface area contributed by atoms with Crippen LogP contribution in [-0.2, 0) is 6.42 Å². The van der Waals surface area contributed by atoms with E-state index in [9.17, 15) is 9.59 Å². The molecule has 2 amide bonds. The van der Waals surface area contributed by atoms with Crippen LogP contribution in [0.2, 0.25) is 0 Å². The number of imidazole rings is 1. The molecule has 1 unspecified atom stereocenters. The number of nitrogens with zero attached hydrogens (tertiary/aromatic N) is 3. The van der Waals surface area contributed by atoms with Crippen molar-refractivity contribution in [2.45, 2.75) is 38.3 Å². The molecule has 3 aromatic rings. The molecule has 1 saturated carbocycles. The van der Waals surface area contributed by atoms with Gasteiger partial charge in [0, 0.05) is 24.0 Å². The fraction of sp³-hybridized carbons (Fsp3) is 0.286. The molecule has 3 heterocycles. The lowest BCUT2D eigenvalue weighted by molar-refractivity contribution is 0.0948. The van der Waals surface area contributed by atoms with Gasteiger partial charge >= 0.3 is 0 Å². The van der Waals surface area contributed by atoms with Gasteiger partial charge < -0.3 is 10.2 Å². The molecule has 0 radical (unpaired) electrons. The maximum atomic E-state index is 13.4. The van der Waals surface area contributed by atoms with Crippen LogP contribution in [-0.4, -0.2) is 33.3 Å². The first kappa shape index (κ1) is 16.1. The number of hydrogen-bond donors (Lipinski definition) is 1. The van der Waals surface area contributed by atoms with E-state index in [1.807, 2.05) is 43.3 Å². The van der Waals surface area contributed by atoms with E-state index in [0.717, 1.165) is 30.5 Å². The zero-order valence-electron chi connectivity index (χ0n) is 15.1. The third-order valence-corrected chi connectivity index (χ3v) is 5.29. The standard InChI is InChI=1S/C21H20N4O2/c1-13-12-14-6-2-3-7-16(14)25(13)21(27)19-23-18(20(26)22-15-9-10-15)17-8-4-5-11-24(17)19/h2-8,11,13,15H,9-10,12H2,1H3,(H,22,26). The van der Waals surface area contributed by atoms with Crippen molar-refractivity contribution in [3.63, 3.8) is 0 Å². The van der Waals surface area contributed by atoms with E-state index in [2.05, 4.69) is 16.4 Å². The van der Waals surface area contributed by atoms with Crippen LogP contribution in [0, 0.1) is 0 Å². The van der Waals surface area contributed by atoms with Crippen LogP contribution in [0.1, 0.15) is 46.4 Å². The summed E-state index contributed by atoms with van der Waals surface area (Å²) in [6, 6.07) is 13.8. The Hall–Kier alpha value is -3.15. The quantitative estimate of drug-likeness (QED) is 0.781. The Morgan fingerprint density at radius 1 is 1.11 bits per heavy atom. The summed E-state index contributed by atoms with van der Waals surface area (Å²) in [5.74, 6) is -0.121. The van der Waals surface area contributed by atoms with Crippen LogP contribution < -0.4 is 10.2 Å². The first-order chi connectivity index (χ1) is 13.1. The molecule has 1 fully saturated rings. The van der Waals surface area contributed by atoms with Gasteiger partial charge in [-0.05, 0) is 49.9 Å². The Bertz CT molecular complexity index is 1070. The molecule has 2 aliphatic rings. The summed E-state index contributed by atoms with van der Waals surface area (Å²) in [4.78, 5) is 32.3. The first-order valence-electron chi connectivity index (χ1n) is 9.33. The minimum atomic E-state index is -0.213. The number of carbonyl (C=O) groups excluding carboxylic acids is 2. The summed E-state index contributed by atoms with van der Waals surface area (Å²) in [6.07, 6.45) is 4.62. The number of hydrogen-bond acceptors (Lipinski definition) is 3. The molecule has 6 heteroatoms. The van der Waals surface area contributed by atoms with Crippen molar-refractivity contribution in [2.75, 3.05) is 4.90 Å². The molecule has 1 N–H and O–H groups in total. The molecule has 0 bridgehead atoms. The number of para-hydroxylation sites is 1. The minimum absolute atomic E-state index is 0.0507. The zero-order chi connectivity index (χ0) is 18.5. The summed E-state index contributed by atoms with van der Waals surface area (Å²) in [7, 11) is 0. The largest absolute Gasteiger partial charge is 0.348 e. The molecule has 27 heavy (non-hydrogen) atoms. The fourth-order valence-corrected chi connectivity index (χ4v) is 3.82. The highest BCUT2D eigenvalue weighted by atomic mass is 16.2. The molecule has 0 spiro atoms. The lowest BCUT2D eigenvalue weighted by atomic mass is 10.1. The SMILES string of the molecule is CC1Cc2ccccc2N1C(=O)c1nc(C(=O)NC2CC2)c2ccccn12. The summed E-state index contributed by atoms with van der Waals surface area (Å²) in [5.41, 5.74) is 3.04. The van der Waals surface area contributed by atoms with Crippen molar-refractivity contribution < 1.29 is 9.59 Å². The van der Waals surface area contributed by atoms with Gasteiger partial charge in [0.25, 0.3) is 11.8 Å². The van der Waals surface area contributed by atoms with Crippen LogP contribution >= 0.6 is 0 Å². The van der Waals surface area contributed by atoms with Gasteiger partial charge in [-0.1, -0.05) is 24.3 Å². The van der Waals surface area contributed by atoms with Crippen LogP contribution in [0.3, 0.4) is 0 Å². The number of carbonyl (C=O) groups is 2. The van der Waals surface area contributed by atoms with E-state index in [1.54, 1.807) is 15.5 Å². The summed E-state index contributed by atoms with van der Waals surface area (Å²) in [5, 5.41) is 2.97. The normalized spacial score (nSPS) is 18.6. The second-order valence-corrected chi connectivity index (χ2v) is 7.34. The number of aromatic nitrogens is 2. The van der Waals surface area contributed by atoms with Gasteiger partial charge in [-0.2, -0.15) is 0 Å². The predicted molar refractivity (Wildman–Crippen MR) is 102 cm³/mol. The van der Waals surface area contributed by atoms with E-state index in [1.165, 1.54) is 0 Å². The number of fused-ring (bicyclic) bond motifs is 2. The first-order valence-corrected chi connectivity index (χ1v) is 9.33. The van der Waals surface area contributed by atoms with Gasteiger partial charge in [0.05, 0.1) is 5.52 Å². The van der Waals surface area contributed by atoms with Crippen molar-refractivity contribution in [1.29, 1.82) is 0 Å². The zero-order valence-corrected chi connectivity index (χ0v) is 15.1. The van der Waals surface area contributed by atoms with Gasteiger partial charge in [-0.3, -0.25) is 14.0 Å². The average molecular weight is 360 g/mol. The Labute approximate surface area is 156 Å². The van der Waals surface area contributed by atoms with Crippen molar-refractivity contribution in [2.24, 2.45) is 0 Å². The van der Waals surface area contributed by atoms with Crippen LogP contribution in [0.15, 0.2) is 48.7 Å². The Balaban J connectivity index is 1.59. The van der Waals surface area contributed by atoms with Crippen molar-refractivity contribution in [3.8, 4) is 0 Å². The summed E-state index contributed by atoms with van der Waals surface area (Å²) < 4.78 is 1.72. The minimum Gasteiger partial charge on any atom is -0.348 e. The van der Waals surface area contributed by atoms with Crippen molar-refractivity contribution >= 4 is 23.0 Å². The summed E-state index contributed by atoms with van der Waals surface area (Å²) >= 11 is 0. The van der Waals surface area contributed by atoms with Crippen LogP contribution in [0.25, 0.3) is 5.52 Å². The number of anilines is 1. The van der Waals surface area contributed by atoms with Gasteiger partial charge in [0.1, 0.15) is 0 Å². The Kier molecular flexibility index (Phi) is 3.53. The topological polar surface area (TPSA) is 66.7 Å². The second kappa shape index (κ2) is 5.94. The fourth-order valence-electron chi connectivity index (χ4n) is 3.82. The van der Waals surface area contributed by atoms with Crippen LogP contribution in [0.5, 0.6) is 0 Å². The average Bonchev–Trinajstić information content (AvgIpc) is 3.29. The lowest BCUT2D eigenvalue weighted by Gasteiger charge is -2.21. The Morgan fingerprint density at radius 3 is 2.70 bits per heavy atom. The number of pyridine rings is 1. The van der Waals surface area contributed by atoms with E-state index in [4.69, 9.17) is 0 Å². The van der Waals surface area contributed by atoms with E-state index in [0.29, 0.717) is 11.2 Å². The smallest absolute Gasteiger partial charge is 0.294 e. The van der Waals surface area contributed by atoms with E-state index in [-0.39, 0.29) is 29.7 Å². The molecule has 136 valence electrons. The van der Waals surface area contributed by atoms with Gasteiger partial charge in [0.15, 0.2) is 5.69 Å². The van der Waals surface area contributed by atoms with E-state index < -0.39 is 0 Å². The lowest BCUT2D eigenvalue weighted by Crippen LogP contribution is -2.37. The number of amides is 2. The molecular weight excluding hydrogens is 340 g/mol. The number of benzene rings is 1. The van der Waals surface area contributed by atoms with Gasteiger partial charge in [0.2, 0.25) is 5.82 Å². The van der Waals surface area contributed by atoms with Crippen molar-refractivity contribution in [3.05, 3.63) is 65.7 Å². The highest BCUT2D eigenvalue weighted by Gasteiger charge is 2.34. The maximum Gasteiger partial charge on any atom is 0.294 e. The monoisotopic (exact) mass is 360 g/mol. The molecule has 1 atom stereocenters. The maximum absolute atomic E-state index is 13.4. The second-order valence-electron chi connectivity index (χ2n) is 7.34.